The lowest BCUT2D eigenvalue weighted by Gasteiger charge is -2.23. The van der Waals surface area contributed by atoms with Crippen molar-refractivity contribution in [3.8, 4) is 5.69 Å². The molecule has 35 heavy (non-hydrogen) atoms. The molecule has 2 heterocycles. The fraction of sp³-hybridized carbons (Fsp3) is 0.160. The summed E-state index contributed by atoms with van der Waals surface area (Å²) in [5.74, 6) is -0.566. The van der Waals surface area contributed by atoms with Crippen LogP contribution in [0.25, 0.3) is 5.69 Å². The molecular formula is C25H25N5O4S. The van der Waals surface area contributed by atoms with Crippen molar-refractivity contribution in [2.75, 3.05) is 10.8 Å². The molecule has 0 radical (unpaired) electrons. The summed E-state index contributed by atoms with van der Waals surface area (Å²) in [6.45, 7) is 1.20. The lowest BCUT2D eigenvalue weighted by molar-refractivity contribution is -0.119. The van der Waals surface area contributed by atoms with Crippen molar-refractivity contribution in [3.05, 3.63) is 107 Å². The molecule has 0 fully saturated rings. The van der Waals surface area contributed by atoms with E-state index < -0.39 is 28.0 Å². The maximum Gasteiger partial charge on any atom is 0.296 e. The molecule has 0 saturated heterocycles. The first kappa shape index (κ1) is 24.0. The van der Waals surface area contributed by atoms with Gasteiger partial charge in [-0.25, -0.2) is 17.4 Å². The summed E-state index contributed by atoms with van der Waals surface area (Å²) >= 11 is 0. The quantitative estimate of drug-likeness (QED) is 0.407. The first-order chi connectivity index (χ1) is 16.8. The smallest absolute Gasteiger partial charge is 0.296 e. The van der Waals surface area contributed by atoms with Gasteiger partial charge in [0.15, 0.2) is 0 Å². The number of carbonyl (C=O) groups is 1. The van der Waals surface area contributed by atoms with Gasteiger partial charge in [0.1, 0.15) is 12.2 Å². The first-order valence-electron chi connectivity index (χ1n) is 10.9. The molecule has 4 rings (SSSR count). The highest BCUT2D eigenvalue weighted by Crippen LogP contribution is 2.25. The normalized spacial score (nSPS) is 11.3. The lowest BCUT2D eigenvalue weighted by atomic mass is 10.3. The summed E-state index contributed by atoms with van der Waals surface area (Å²) in [6.07, 6.45) is 1.60. The van der Waals surface area contributed by atoms with Gasteiger partial charge in [-0.15, -0.1) is 0 Å². The van der Waals surface area contributed by atoms with Gasteiger partial charge in [0, 0.05) is 13.2 Å². The molecule has 0 aliphatic rings. The fourth-order valence-corrected chi connectivity index (χ4v) is 5.22. The topological polar surface area (TPSA) is 106 Å². The number of pyridine rings is 1. The van der Waals surface area contributed by atoms with Gasteiger partial charge in [0.05, 0.1) is 28.5 Å². The summed E-state index contributed by atoms with van der Waals surface area (Å²) in [5, 5.41) is 2.69. The van der Waals surface area contributed by atoms with E-state index >= 15 is 0 Å². The Hall–Kier alpha value is -4.18. The molecule has 180 valence electrons. The largest absolute Gasteiger partial charge is 0.349 e. The monoisotopic (exact) mass is 491 g/mol. The minimum Gasteiger partial charge on any atom is -0.349 e. The summed E-state index contributed by atoms with van der Waals surface area (Å²) < 4.78 is 31.2. The van der Waals surface area contributed by atoms with Crippen LogP contribution in [0.15, 0.2) is 94.7 Å². The SMILES string of the molecule is Cc1c(N(CC(=O)NCc2ccccn2)S(=O)(=O)c2ccccc2)c(=O)n(-c2ccccc2)n1C. The predicted octanol–water partition coefficient (Wildman–Crippen LogP) is 2.39. The van der Waals surface area contributed by atoms with Crippen LogP contribution in [0, 0.1) is 6.92 Å². The minimum atomic E-state index is -4.23. The number of nitrogens with one attached hydrogen (secondary N) is 1. The highest BCUT2D eigenvalue weighted by Gasteiger charge is 2.33. The zero-order chi connectivity index (χ0) is 25.0. The van der Waals surface area contributed by atoms with Gasteiger partial charge < -0.3 is 5.32 Å². The summed E-state index contributed by atoms with van der Waals surface area (Å²) in [4.78, 5) is 30.6. The highest BCUT2D eigenvalue weighted by molar-refractivity contribution is 7.92. The maximum absolute atomic E-state index is 13.7. The number of para-hydroxylation sites is 1. The molecule has 0 saturated carbocycles. The summed E-state index contributed by atoms with van der Waals surface area (Å²) in [7, 11) is -2.56. The number of nitrogens with zero attached hydrogens (tertiary/aromatic N) is 4. The molecule has 4 aromatic rings. The number of hydrogen-bond donors (Lipinski definition) is 1. The molecule has 9 nitrogen and oxygen atoms in total. The van der Waals surface area contributed by atoms with Crippen LogP contribution in [-0.2, 0) is 28.4 Å². The molecule has 10 heteroatoms. The van der Waals surface area contributed by atoms with Crippen molar-refractivity contribution in [2.24, 2.45) is 7.05 Å². The first-order valence-corrected chi connectivity index (χ1v) is 12.3. The van der Waals surface area contributed by atoms with Crippen LogP contribution in [0.5, 0.6) is 0 Å². The Kier molecular flexibility index (Phi) is 6.83. The third kappa shape index (κ3) is 4.87. The number of hydrogen-bond acceptors (Lipinski definition) is 5. The number of amides is 1. The van der Waals surface area contributed by atoms with E-state index in [1.54, 1.807) is 85.5 Å². The van der Waals surface area contributed by atoms with E-state index in [9.17, 15) is 18.0 Å². The average Bonchev–Trinajstić information content (AvgIpc) is 3.10. The van der Waals surface area contributed by atoms with Gasteiger partial charge in [0.25, 0.3) is 15.6 Å². The molecule has 0 aliphatic heterocycles. The van der Waals surface area contributed by atoms with E-state index in [1.165, 1.54) is 16.8 Å². The molecule has 0 atom stereocenters. The van der Waals surface area contributed by atoms with Crippen LogP contribution in [0.4, 0.5) is 5.69 Å². The van der Waals surface area contributed by atoms with Crippen molar-refractivity contribution in [3.63, 3.8) is 0 Å². The number of benzene rings is 2. The Morgan fingerprint density at radius 1 is 0.971 bits per heavy atom. The Balaban J connectivity index is 1.77. The van der Waals surface area contributed by atoms with Crippen LogP contribution in [0.3, 0.4) is 0 Å². The second-order valence-corrected chi connectivity index (χ2v) is 9.69. The Morgan fingerprint density at radius 2 is 1.60 bits per heavy atom. The Morgan fingerprint density at radius 3 is 2.23 bits per heavy atom. The molecule has 1 amide bonds. The van der Waals surface area contributed by atoms with Gasteiger partial charge >= 0.3 is 0 Å². The molecule has 1 N–H and O–H groups in total. The minimum absolute atomic E-state index is 0.0218. The van der Waals surface area contributed by atoms with Crippen molar-refractivity contribution >= 4 is 21.6 Å². The molecular weight excluding hydrogens is 466 g/mol. The van der Waals surface area contributed by atoms with Gasteiger partial charge in [-0.05, 0) is 43.3 Å². The van der Waals surface area contributed by atoms with Crippen molar-refractivity contribution in [2.45, 2.75) is 18.4 Å². The molecule has 0 spiro atoms. The van der Waals surface area contributed by atoms with Crippen molar-refractivity contribution in [1.82, 2.24) is 19.7 Å². The zero-order valence-corrected chi connectivity index (χ0v) is 20.1. The zero-order valence-electron chi connectivity index (χ0n) is 19.3. The second-order valence-electron chi connectivity index (χ2n) is 7.83. The molecule has 2 aromatic carbocycles. The number of rotatable bonds is 8. The van der Waals surface area contributed by atoms with E-state index in [4.69, 9.17) is 0 Å². The van der Waals surface area contributed by atoms with Crippen LogP contribution in [0.1, 0.15) is 11.4 Å². The number of carbonyl (C=O) groups excluding carboxylic acids is 1. The van der Waals surface area contributed by atoms with Crippen LogP contribution < -0.4 is 15.2 Å². The van der Waals surface area contributed by atoms with Crippen molar-refractivity contribution in [1.29, 1.82) is 0 Å². The third-order valence-electron chi connectivity index (χ3n) is 5.58. The Labute approximate surface area is 203 Å². The van der Waals surface area contributed by atoms with Crippen LogP contribution in [0.2, 0.25) is 0 Å². The highest BCUT2D eigenvalue weighted by atomic mass is 32.2. The second kappa shape index (κ2) is 9.98. The lowest BCUT2D eigenvalue weighted by Crippen LogP contribution is -2.43. The van der Waals surface area contributed by atoms with Crippen LogP contribution >= 0.6 is 0 Å². The molecule has 0 unspecified atom stereocenters. The predicted molar refractivity (Wildman–Crippen MR) is 133 cm³/mol. The Bertz CT molecular complexity index is 1480. The van der Waals surface area contributed by atoms with Gasteiger partial charge in [-0.3, -0.25) is 19.3 Å². The number of aromatic nitrogens is 3. The van der Waals surface area contributed by atoms with Gasteiger partial charge in [-0.1, -0.05) is 42.5 Å². The molecule has 2 aromatic heterocycles. The molecule has 0 bridgehead atoms. The summed E-state index contributed by atoms with van der Waals surface area (Å²) in [6, 6.07) is 21.9. The standard InChI is InChI=1S/C25H25N5O4S/c1-19-24(25(32)30(28(19)2)21-12-5-3-6-13-21)29(35(33,34)22-14-7-4-8-15-22)18-23(31)27-17-20-11-9-10-16-26-20/h3-16H,17-18H2,1-2H3,(H,27,31). The van der Waals surface area contributed by atoms with Crippen molar-refractivity contribution < 1.29 is 13.2 Å². The van der Waals surface area contributed by atoms with Gasteiger partial charge in [0.2, 0.25) is 5.91 Å². The van der Waals surface area contributed by atoms with E-state index in [2.05, 4.69) is 10.3 Å². The number of anilines is 1. The van der Waals surface area contributed by atoms with E-state index in [1.807, 2.05) is 6.07 Å². The van der Waals surface area contributed by atoms with E-state index in [0.29, 0.717) is 17.1 Å². The average molecular weight is 492 g/mol. The number of sulfonamides is 1. The van der Waals surface area contributed by atoms with Crippen LogP contribution in [-0.4, -0.2) is 35.2 Å². The third-order valence-corrected chi connectivity index (χ3v) is 7.34. The fourth-order valence-electron chi connectivity index (χ4n) is 3.72. The van der Waals surface area contributed by atoms with E-state index in [0.717, 1.165) is 4.31 Å². The van der Waals surface area contributed by atoms with E-state index in [-0.39, 0.29) is 17.1 Å². The molecule has 0 aliphatic carbocycles. The summed E-state index contributed by atoms with van der Waals surface area (Å²) in [5.41, 5.74) is 0.962. The van der Waals surface area contributed by atoms with Gasteiger partial charge in [-0.2, -0.15) is 0 Å². The maximum atomic E-state index is 13.7.